The van der Waals surface area contributed by atoms with E-state index in [4.69, 9.17) is 16.3 Å². The summed E-state index contributed by atoms with van der Waals surface area (Å²) in [4.78, 5) is 0.280. The van der Waals surface area contributed by atoms with Gasteiger partial charge >= 0.3 is 0 Å². The zero-order valence-electron chi connectivity index (χ0n) is 11.5. The summed E-state index contributed by atoms with van der Waals surface area (Å²) in [6, 6.07) is 13.9. The SMILES string of the molecule is Cc1ccccc1S(=O)(=O)NCCOc1ccccc1Cl. The van der Waals surface area contributed by atoms with Gasteiger partial charge in [0.15, 0.2) is 0 Å². The number of rotatable bonds is 6. The fraction of sp³-hybridized carbons (Fsp3) is 0.200. The maximum absolute atomic E-state index is 12.1. The van der Waals surface area contributed by atoms with E-state index < -0.39 is 10.0 Å². The van der Waals surface area contributed by atoms with Gasteiger partial charge in [-0.15, -0.1) is 0 Å². The first-order valence-corrected chi connectivity index (χ1v) is 8.29. The summed E-state index contributed by atoms with van der Waals surface area (Å²) in [5.74, 6) is 0.536. The van der Waals surface area contributed by atoms with Gasteiger partial charge in [-0.2, -0.15) is 0 Å². The van der Waals surface area contributed by atoms with Crippen LogP contribution in [0.4, 0.5) is 0 Å². The van der Waals surface area contributed by atoms with E-state index in [1.807, 2.05) is 0 Å². The average Bonchev–Trinajstić information content (AvgIpc) is 2.45. The molecule has 0 heterocycles. The maximum Gasteiger partial charge on any atom is 0.240 e. The zero-order chi connectivity index (χ0) is 15.3. The number of hydrogen-bond acceptors (Lipinski definition) is 3. The third-order valence-electron chi connectivity index (χ3n) is 2.87. The van der Waals surface area contributed by atoms with Crippen molar-refractivity contribution in [1.29, 1.82) is 0 Å². The second kappa shape index (κ2) is 6.93. The highest BCUT2D eigenvalue weighted by molar-refractivity contribution is 7.89. The van der Waals surface area contributed by atoms with Crippen molar-refractivity contribution >= 4 is 21.6 Å². The third-order valence-corrected chi connectivity index (χ3v) is 4.80. The van der Waals surface area contributed by atoms with Gasteiger partial charge in [0.05, 0.1) is 9.92 Å². The molecule has 21 heavy (non-hydrogen) atoms. The first kappa shape index (κ1) is 15.8. The fourth-order valence-corrected chi connectivity index (χ4v) is 3.28. The lowest BCUT2D eigenvalue weighted by Gasteiger charge is -2.10. The van der Waals surface area contributed by atoms with Crippen LogP contribution in [0, 0.1) is 6.92 Å². The fourth-order valence-electron chi connectivity index (χ4n) is 1.83. The van der Waals surface area contributed by atoms with Crippen molar-refractivity contribution in [3.05, 3.63) is 59.1 Å². The van der Waals surface area contributed by atoms with Crippen molar-refractivity contribution < 1.29 is 13.2 Å². The van der Waals surface area contributed by atoms with Gasteiger partial charge in [0.25, 0.3) is 0 Å². The molecule has 0 aliphatic heterocycles. The number of nitrogens with one attached hydrogen (secondary N) is 1. The van der Waals surface area contributed by atoms with Crippen LogP contribution >= 0.6 is 11.6 Å². The standard InChI is InChI=1S/C15H16ClNO3S/c1-12-6-2-5-9-15(12)21(18,19)17-10-11-20-14-8-4-3-7-13(14)16/h2-9,17H,10-11H2,1H3. The lowest BCUT2D eigenvalue weighted by molar-refractivity contribution is 0.323. The van der Waals surface area contributed by atoms with Crippen LogP contribution in [0.3, 0.4) is 0 Å². The van der Waals surface area contributed by atoms with Crippen LogP contribution in [0.1, 0.15) is 5.56 Å². The first-order chi connectivity index (χ1) is 10.0. The Kier molecular flexibility index (Phi) is 5.22. The molecule has 0 amide bonds. The Morgan fingerprint density at radius 1 is 1.10 bits per heavy atom. The molecule has 0 saturated carbocycles. The van der Waals surface area contributed by atoms with Crippen LogP contribution in [0.25, 0.3) is 0 Å². The Balaban J connectivity index is 1.92. The number of para-hydroxylation sites is 1. The molecule has 0 aliphatic rings. The maximum atomic E-state index is 12.1. The second-order valence-electron chi connectivity index (χ2n) is 4.44. The Morgan fingerprint density at radius 2 is 1.76 bits per heavy atom. The normalized spacial score (nSPS) is 11.3. The molecule has 0 aromatic heterocycles. The van der Waals surface area contributed by atoms with Gasteiger partial charge in [0.1, 0.15) is 12.4 Å². The van der Waals surface area contributed by atoms with Gasteiger partial charge in [-0.05, 0) is 30.7 Å². The number of benzene rings is 2. The van der Waals surface area contributed by atoms with Gasteiger partial charge < -0.3 is 4.74 Å². The molecule has 0 spiro atoms. The smallest absolute Gasteiger partial charge is 0.240 e. The zero-order valence-corrected chi connectivity index (χ0v) is 13.1. The Labute approximate surface area is 129 Å². The molecule has 0 aliphatic carbocycles. The molecule has 1 N–H and O–H groups in total. The van der Waals surface area contributed by atoms with Crippen LogP contribution in [0.5, 0.6) is 5.75 Å². The summed E-state index contributed by atoms with van der Waals surface area (Å²) in [6.07, 6.45) is 0. The van der Waals surface area contributed by atoms with E-state index in [-0.39, 0.29) is 18.0 Å². The molecule has 2 aromatic rings. The van der Waals surface area contributed by atoms with Crippen molar-refractivity contribution in [3.63, 3.8) is 0 Å². The summed E-state index contributed by atoms with van der Waals surface area (Å²) >= 11 is 5.95. The average molecular weight is 326 g/mol. The molecule has 0 bridgehead atoms. The Hall–Kier alpha value is -1.56. The third kappa shape index (κ3) is 4.20. The Bertz CT molecular complexity index is 716. The molecular formula is C15H16ClNO3S. The van der Waals surface area contributed by atoms with Crippen molar-refractivity contribution in [1.82, 2.24) is 4.72 Å². The van der Waals surface area contributed by atoms with Crippen LogP contribution in [-0.2, 0) is 10.0 Å². The summed E-state index contributed by atoms with van der Waals surface area (Å²) in [5, 5.41) is 0.499. The van der Waals surface area contributed by atoms with E-state index in [1.54, 1.807) is 55.5 Å². The lowest BCUT2D eigenvalue weighted by Crippen LogP contribution is -2.28. The van der Waals surface area contributed by atoms with Crippen molar-refractivity contribution in [2.24, 2.45) is 0 Å². The summed E-state index contributed by atoms with van der Waals surface area (Å²) in [6.45, 7) is 2.13. The Morgan fingerprint density at radius 3 is 2.48 bits per heavy atom. The molecule has 6 heteroatoms. The van der Waals surface area contributed by atoms with Gasteiger partial charge in [-0.1, -0.05) is 41.9 Å². The lowest BCUT2D eigenvalue weighted by atomic mass is 10.2. The van der Waals surface area contributed by atoms with Crippen LogP contribution in [-0.4, -0.2) is 21.6 Å². The number of aryl methyl sites for hydroxylation is 1. The minimum absolute atomic E-state index is 0.169. The molecular weight excluding hydrogens is 310 g/mol. The molecule has 4 nitrogen and oxygen atoms in total. The predicted molar refractivity (Wildman–Crippen MR) is 83.3 cm³/mol. The van der Waals surface area contributed by atoms with Gasteiger partial charge in [-0.3, -0.25) is 0 Å². The van der Waals surface area contributed by atoms with E-state index in [9.17, 15) is 8.42 Å². The molecule has 0 radical (unpaired) electrons. The monoisotopic (exact) mass is 325 g/mol. The second-order valence-corrected chi connectivity index (χ2v) is 6.58. The van der Waals surface area contributed by atoms with Crippen molar-refractivity contribution in [2.75, 3.05) is 13.2 Å². The van der Waals surface area contributed by atoms with E-state index in [0.29, 0.717) is 16.3 Å². The molecule has 0 saturated heterocycles. The molecule has 0 unspecified atom stereocenters. The number of sulfonamides is 1. The van der Waals surface area contributed by atoms with Crippen LogP contribution < -0.4 is 9.46 Å². The molecule has 0 fully saturated rings. The highest BCUT2D eigenvalue weighted by Crippen LogP contribution is 2.22. The topological polar surface area (TPSA) is 55.4 Å². The van der Waals surface area contributed by atoms with Gasteiger partial charge in [0, 0.05) is 6.54 Å². The minimum atomic E-state index is -3.52. The highest BCUT2D eigenvalue weighted by atomic mass is 35.5. The van der Waals surface area contributed by atoms with Gasteiger partial charge in [0.2, 0.25) is 10.0 Å². The van der Waals surface area contributed by atoms with Crippen LogP contribution in [0.2, 0.25) is 5.02 Å². The summed E-state index contributed by atoms with van der Waals surface area (Å²) < 4.78 is 32.2. The van der Waals surface area contributed by atoms with Crippen LogP contribution in [0.15, 0.2) is 53.4 Å². The largest absolute Gasteiger partial charge is 0.491 e. The van der Waals surface area contributed by atoms with E-state index >= 15 is 0 Å². The first-order valence-electron chi connectivity index (χ1n) is 6.43. The van der Waals surface area contributed by atoms with Crippen molar-refractivity contribution in [2.45, 2.75) is 11.8 Å². The molecule has 2 rings (SSSR count). The number of ether oxygens (including phenoxy) is 1. The van der Waals surface area contributed by atoms with E-state index in [1.165, 1.54) is 0 Å². The van der Waals surface area contributed by atoms with E-state index in [0.717, 1.165) is 0 Å². The number of hydrogen-bond donors (Lipinski definition) is 1. The molecule has 0 atom stereocenters. The summed E-state index contributed by atoms with van der Waals surface area (Å²) in [5.41, 5.74) is 0.706. The molecule has 112 valence electrons. The molecule has 2 aromatic carbocycles. The summed E-state index contributed by atoms with van der Waals surface area (Å²) in [7, 11) is -3.52. The quantitative estimate of drug-likeness (QED) is 0.831. The highest BCUT2D eigenvalue weighted by Gasteiger charge is 2.15. The minimum Gasteiger partial charge on any atom is -0.491 e. The number of halogens is 1. The van der Waals surface area contributed by atoms with E-state index in [2.05, 4.69) is 4.72 Å². The predicted octanol–water partition coefficient (Wildman–Crippen LogP) is 3.01. The van der Waals surface area contributed by atoms with Gasteiger partial charge in [-0.25, -0.2) is 13.1 Å². The van der Waals surface area contributed by atoms with Crippen molar-refractivity contribution in [3.8, 4) is 5.75 Å².